The second-order valence-corrected chi connectivity index (χ2v) is 5.04. The lowest BCUT2D eigenvalue weighted by molar-refractivity contribution is 0.102. The van der Waals surface area contributed by atoms with Crippen LogP contribution >= 0.6 is 0 Å². The molecule has 1 aromatic heterocycles. The molecular weight excluding hydrogens is 297 g/mol. The van der Waals surface area contributed by atoms with E-state index in [0.29, 0.717) is 11.5 Å². The standard InChI is InChI=1S/C17H14FN3O2/c1-10-15(21-16(19-10)11-5-3-2-4-6-11)17(23)20-13-8-7-12(18)9-14(13)22/h2-9,22H,1H3,(H,19,21)(H,20,23). The van der Waals surface area contributed by atoms with Gasteiger partial charge >= 0.3 is 0 Å². The molecule has 2 aromatic carbocycles. The fourth-order valence-corrected chi connectivity index (χ4v) is 2.21. The van der Waals surface area contributed by atoms with Crippen LogP contribution in [0, 0.1) is 12.7 Å². The molecule has 6 heteroatoms. The van der Waals surface area contributed by atoms with Crippen LogP contribution in [0.3, 0.4) is 0 Å². The van der Waals surface area contributed by atoms with Gasteiger partial charge in [0.05, 0.1) is 5.69 Å². The Morgan fingerprint density at radius 3 is 2.65 bits per heavy atom. The predicted molar refractivity (Wildman–Crippen MR) is 84.8 cm³/mol. The summed E-state index contributed by atoms with van der Waals surface area (Å²) in [7, 11) is 0. The molecule has 0 saturated heterocycles. The van der Waals surface area contributed by atoms with Crippen LogP contribution in [0.5, 0.6) is 5.75 Å². The summed E-state index contributed by atoms with van der Waals surface area (Å²) < 4.78 is 13.0. The third-order valence-electron chi connectivity index (χ3n) is 3.35. The van der Waals surface area contributed by atoms with E-state index >= 15 is 0 Å². The predicted octanol–water partition coefficient (Wildman–Crippen LogP) is 3.48. The zero-order chi connectivity index (χ0) is 16.4. The van der Waals surface area contributed by atoms with Crippen LogP contribution in [0.4, 0.5) is 10.1 Å². The molecule has 3 aromatic rings. The van der Waals surface area contributed by atoms with Crippen LogP contribution in [-0.2, 0) is 0 Å². The van der Waals surface area contributed by atoms with Gasteiger partial charge in [-0.25, -0.2) is 9.37 Å². The summed E-state index contributed by atoms with van der Waals surface area (Å²) in [5.74, 6) is -0.822. The number of nitrogens with one attached hydrogen (secondary N) is 2. The van der Waals surface area contributed by atoms with Gasteiger partial charge in [0.2, 0.25) is 0 Å². The molecule has 116 valence electrons. The van der Waals surface area contributed by atoms with Gasteiger partial charge in [-0.2, -0.15) is 0 Å². The van der Waals surface area contributed by atoms with Gasteiger partial charge in [0.15, 0.2) is 0 Å². The second-order valence-electron chi connectivity index (χ2n) is 5.04. The largest absolute Gasteiger partial charge is 0.506 e. The molecule has 3 N–H and O–H groups in total. The monoisotopic (exact) mass is 311 g/mol. The lowest BCUT2D eigenvalue weighted by Crippen LogP contribution is -2.13. The molecule has 0 unspecified atom stereocenters. The van der Waals surface area contributed by atoms with Crippen molar-refractivity contribution in [3.63, 3.8) is 0 Å². The number of phenolic OH excluding ortho intramolecular Hbond substituents is 1. The maximum atomic E-state index is 13.0. The summed E-state index contributed by atoms with van der Waals surface area (Å²) in [6.45, 7) is 1.73. The van der Waals surface area contributed by atoms with Crippen molar-refractivity contribution in [1.29, 1.82) is 0 Å². The number of carbonyl (C=O) groups is 1. The van der Waals surface area contributed by atoms with Crippen LogP contribution < -0.4 is 5.32 Å². The van der Waals surface area contributed by atoms with Gasteiger partial charge in [-0.05, 0) is 19.1 Å². The van der Waals surface area contributed by atoms with E-state index in [-0.39, 0.29) is 17.1 Å². The van der Waals surface area contributed by atoms with Gasteiger partial charge in [0, 0.05) is 17.3 Å². The Morgan fingerprint density at radius 1 is 1.22 bits per heavy atom. The summed E-state index contributed by atoms with van der Waals surface area (Å²) in [5, 5.41) is 12.2. The number of halogens is 1. The van der Waals surface area contributed by atoms with Crippen molar-refractivity contribution in [3.8, 4) is 17.1 Å². The van der Waals surface area contributed by atoms with Crippen molar-refractivity contribution in [1.82, 2.24) is 9.97 Å². The van der Waals surface area contributed by atoms with Gasteiger partial charge in [0.1, 0.15) is 23.1 Å². The Labute approximate surface area is 131 Å². The first-order valence-electron chi connectivity index (χ1n) is 6.96. The molecule has 3 rings (SSSR count). The van der Waals surface area contributed by atoms with Gasteiger partial charge in [0.25, 0.3) is 5.91 Å². The van der Waals surface area contributed by atoms with E-state index < -0.39 is 11.7 Å². The minimum absolute atomic E-state index is 0.125. The number of anilines is 1. The molecule has 0 atom stereocenters. The van der Waals surface area contributed by atoms with Crippen molar-refractivity contribution in [2.45, 2.75) is 6.92 Å². The van der Waals surface area contributed by atoms with Gasteiger partial charge < -0.3 is 15.4 Å². The molecule has 1 amide bonds. The van der Waals surface area contributed by atoms with E-state index in [1.165, 1.54) is 6.07 Å². The topological polar surface area (TPSA) is 78.0 Å². The van der Waals surface area contributed by atoms with Crippen LogP contribution in [-0.4, -0.2) is 21.0 Å². The maximum Gasteiger partial charge on any atom is 0.276 e. The molecule has 0 bridgehead atoms. The van der Waals surface area contributed by atoms with Gasteiger partial charge in [-0.3, -0.25) is 4.79 Å². The highest BCUT2D eigenvalue weighted by molar-refractivity contribution is 6.04. The molecule has 0 fully saturated rings. The number of rotatable bonds is 3. The Bertz CT molecular complexity index is 860. The molecule has 0 aliphatic heterocycles. The Hall–Kier alpha value is -3.15. The van der Waals surface area contributed by atoms with Crippen molar-refractivity contribution in [2.75, 3.05) is 5.32 Å². The van der Waals surface area contributed by atoms with E-state index in [2.05, 4.69) is 15.3 Å². The number of H-pyrrole nitrogens is 1. The molecule has 0 saturated carbocycles. The van der Waals surface area contributed by atoms with E-state index in [1.54, 1.807) is 6.92 Å². The minimum Gasteiger partial charge on any atom is -0.506 e. The van der Waals surface area contributed by atoms with E-state index in [1.807, 2.05) is 30.3 Å². The van der Waals surface area contributed by atoms with E-state index in [0.717, 1.165) is 17.7 Å². The second kappa shape index (κ2) is 5.92. The first kappa shape index (κ1) is 14.8. The van der Waals surface area contributed by atoms with Crippen molar-refractivity contribution in [3.05, 3.63) is 65.7 Å². The number of benzene rings is 2. The summed E-state index contributed by atoms with van der Waals surface area (Å²) in [6, 6.07) is 12.8. The highest BCUT2D eigenvalue weighted by Crippen LogP contribution is 2.25. The highest BCUT2D eigenvalue weighted by Gasteiger charge is 2.17. The number of nitrogens with zero attached hydrogens (tertiary/aromatic N) is 1. The fraction of sp³-hybridized carbons (Fsp3) is 0.0588. The third kappa shape index (κ3) is 3.06. The molecule has 5 nitrogen and oxygen atoms in total. The number of carbonyl (C=O) groups excluding carboxylic acids is 1. The Morgan fingerprint density at radius 2 is 1.96 bits per heavy atom. The van der Waals surface area contributed by atoms with E-state index in [4.69, 9.17) is 0 Å². The van der Waals surface area contributed by atoms with Gasteiger partial charge in [-0.15, -0.1) is 0 Å². The first-order valence-corrected chi connectivity index (χ1v) is 6.96. The summed E-state index contributed by atoms with van der Waals surface area (Å²) in [4.78, 5) is 19.7. The number of aromatic amines is 1. The number of amides is 1. The summed E-state index contributed by atoms with van der Waals surface area (Å²) >= 11 is 0. The maximum absolute atomic E-state index is 13.0. The third-order valence-corrected chi connectivity index (χ3v) is 3.35. The summed E-state index contributed by atoms with van der Waals surface area (Å²) in [6.07, 6.45) is 0. The molecule has 0 radical (unpaired) electrons. The molecule has 0 aliphatic carbocycles. The Kier molecular flexibility index (Phi) is 3.80. The van der Waals surface area contributed by atoms with Crippen LogP contribution in [0.15, 0.2) is 48.5 Å². The zero-order valence-corrected chi connectivity index (χ0v) is 12.3. The minimum atomic E-state index is -0.581. The van der Waals surface area contributed by atoms with Gasteiger partial charge in [-0.1, -0.05) is 30.3 Å². The molecule has 0 aliphatic rings. The van der Waals surface area contributed by atoms with Crippen LogP contribution in [0.25, 0.3) is 11.4 Å². The number of aryl methyl sites for hydroxylation is 1. The van der Waals surface area contributed by atoms with Crippen molar-refractivity contribution >= 4 is 11.6 Å². The number of phenols is 1. The zero-order valence-electron chi connectivity index (χ0n) is 12.3. The van der Waals surface area contributed by atoms with Crippen molar-refractivity contribution < 1.29 is 14.3 Å². The fourth-order valence-electron chi connectivity index (χ4n) is 2.21. The number of hydrogen-bond acceptors (Lipinski definition) is 3. The smallest absolute Gasteiger partial charge is 0.276 e. The molecular formula is C17H14FN3O2. The number of hydrogen-bond donors (Lipinski definition) is 3. The quantitative estimate of drug-likeness (QED) is 0.648. The first-order chi connectivity index (χ1) is 11.0. The normalized spacial score (nSPS) is 10.5. The molecule has 1 heterocycles. The number of aromatic hydroxyl groups is 1. The van der Waals surface area contributed by atoms with Crippen LogP contribution in [0.2, 0.25) is 0 Å². The average molecular weight is 311 g/mol. The molecule has 23 heavy (non-hydrogen) atoms. The molecule has 0 spiro atoms. The Balaban J connectivity index is 1.87. The average Bonchev–Trinajstić information content (AvgIpc) is 2.93. The summed E-state index contributed by atoms with van der Waals surface area (Å²) in [5.41, 5.74) is 1.80. The number of aromatic nitrogens is 2. The lowest BCUT2D eigenvalue weighted by Gasteiger charge is -2.06. The number of imidazole rings is 1. The van der Waals surface area contributed by atoms with Crippen molar-refractivity contribution in [2.24, 2.45) is 0 Å². The van der Waals surface area contributed by atoms with E-state index in [9.17, 15) is 14.3 Å². The highest BCUT2D eigenvalue weighted by atomic mass is 19.1. The van der Waals surface area contributed by atoms with Crippen LogP contribution in [0.1, 0.15) is 16.2 Å². The SMILES string of the molecule is Cc1[nH]c(-c2ccccc2)nc1C(=O)Nc1ccc(F)cc1O. The lowest BCUT2D eigenvalue weighted by atomic mass is 10.2.